The Bertz CT molecular complexity index is 739. The summed E-state index contributed by atoms with van der Waals surface area (Å²) in [7, 11) is 0. The lowest BCUT2D eigenvalue weighted by molar-refractivity contribution is -0.114. The van der Waals surface area contributed by atoms with Gasteiger partial charge in [0.2, 0.25) is 0 Å². The number of nitrogens with one attached hydrogen (secondary N) is 1. The molecule has 1 aromatic carbocycles. The van der Waals surface area contributed by atoms with E-state index in [1.165, 1.54) is 0 Å². The number of ether oxygens (including phenoxy) is 1. The largest absolute Gasteiger partial charge is 0.490 e. The van der Waals surface area contributed by atoms with Gasteiger partial charge >= 0.3 is 0 Å². The molecule has 0 radical (unpaired) electrons. The van der Waals surface area contributed by atoms with Crippen LogP contribution in [0.2, 0.25) is 10.0 Å². The highest BCUT2D eigenvalue weighted by atomic mass is 35.5. The van der Waals surface area contributed by atoms with Gasteiger partial charge in [-0.25, -0.2) is 0 Å². The van der Waals surface area contributed by atoms with Gasteiger partial charge in [0, 0.05) is 17.8 Å². The van der Waals surface area contributed by atoms with Crippen molar-refractivity contribution in [3.8, 4) is 5.75 Å². The maximum atomic E-state index is 12.3. The summed E-state index contributed by atoms with van der Waals surface area (Å²) in [5.41, 5.74) is 2.28. The second kappa shape index (κ2) is 8.59. The highest BCUT2D eigenvalue weighted by Crippen LogP contribution is 2.39. The summed E-state index contributed by atoms with van der Waals surface area (Å²) >= 11 is 18.3. The number of Topliss-reactive ketones (excluding diaryl/α,β-unsaturated/α-hetero) is 1. The van der Waals surface area contributed by atoms with Crippen LogP contribution in [-0.4, -0.2) is 28.9 Å². The van der Waals surface area contributed by atoms with E-state index in [9.17, 15) is 4.79 Å². The van der Waals surface area contributed by atoms with Gasteiger partial charge in [-0.1, -0.05) is 37.0 Å². The molecule has 0 spiro atoms. The lowest BCUT2D eigenvalue weighted by Crippen LogP contribution is -2.47. The molecule has 0 saturated heterocycles. The smallest absolute Gasteiger partial charge is 0.173 e. The number of carbonyl (C=O) groups is 1. The van der Waals surface area contributed by atoms with Crippen molar-refractivity contribution < 1.29 is 9.53 Å². The van der Waals surface area contributed by atoms with E-state index in [1.807, 2.05) is 18.7 Å². The summed E-state index contributed by atoms with van der Waals surface area (Å²) in [6, 6.07) is 3.17. The molecule has 0 saturated carbocycles. The van der Waals surface area contributed by atoms with Crippen molar-refractivity contribution in [2.45, 2.75) is 40.7 Å². The first-order valence-electron chi connectivity index (χ1n) is 8.58. The molecule has 26 heavy (non-hydrogen) atoms. The Kier molecular flexibility index (Phi) is 6.94. The zero-order valence-electron chi connectivity index (χ0n) is 15.7. The van der Waals surface area contributed by atoms with Gasteiger partial charge in [0.05, 0.1) is 22.7 Å². The van der Waals surface area contributed by atoms with Gasteiger partial charge in [0.15, 0.2) is 16.6 Å². The molecule has 4 nitrogen and oxygen atoms in total. The van der Waals surface area contributed by atoms with Crippen molar-refractivity contribution in [2.75, 3.05) is 13.2 Å². The van der Waals surface area contributed by atoms with E-state index in [1.54, 1.807) is 19.1 Å². The van der Waals surface area contributed by atoms with Crippen LogP contribution in [0.15, 0.2) is 23.4 Å². The van der Waals surface area contributed by atoms with Crippen molar-refractivity contribution in [1.29, 1.82) is 0 Å². The fourth-order valence-corrected chi connectivity index (χ4v) is 4.00. The SMILES string of the molecule is CCN1C(=S)NC(c2cc(Cl)c(OCC(C)C)c(Cl)c2)C(C(C)=O)=C1C. The lowest BCUT2D eigenvalue weighted by atomic mass is 9.92. The van der Waals surface area contributed by atoms with Crippen LogP contribution in [0.25, 0.3) is 0 Å². The van der Waals surface area contributed by atoms with E-state index in [4.69, 9.17) is 40.2 Å². The van der Waals surface area contributed by atoms with Crippen molar-refractivity contribution in [3.63, 3.8) is 0 Å². The summed E-state index contributed by atoms with van der Waals surface area (Å²) in [4.78, 5) is 14.2. The molecule has 1 heterocycles. The monoisotopic (exact) mass is 414 g/mol. The van der Waals surface area contributed by atoms with E-state index in [0.29, 0.717) is 45.5 Å². The molecule has 0 amide bonds. The third kappa shape index (κ3) is 4.33. The van der Waals surface area contributed by atoms with Crippen LogP contribution < -0.4 is 10.1 Å². The zero-order chi connectivity index (χ0) is 19.6. The fourth-order valence-electron chi connectivity index (χ4n) is 3.00. The number of thiocarbonyl (C=S) groups is 1. The predicted octanol–water partition coefficient (Wildman–Crippen LogP) is 5.14. The number of allylic oxidation sites excluding steroid dienone is 1. The Labute approximate surface area is 170 Å². The second-order valence-electron chi connectivity index (χ2n) is 6.70. The lowest BCUT2D eigenvalue weighted by Gasteiger charge is -2.37. The van der Waals surface area contributed by atoms with Gasteiger partial charge < -0.3 is 15.0 Å². The fraction of sp³-hybridized carbons (Fsp3) is 0.474. The van der Waals surface area contributed by atoms with Crippen LogP contribution >= 0.6 is 35.4 Å². The first kappa shape index (κ1) is 21.0. The molecule has 1 aliphatic heterocycles. The minimum atomic E-state index is -0.392. The van der Waals surface area contributed by atoms with Crippen LogP contribution in [0.5, 0.6) is 5.75 Å². The van der Waals surface area contributed by atoms with Gasteiger partial charge in [-0.2, -0.15) is 0 Å². The molecule has 142 valence electrons. The van der Waals surface area contributed by atoms with Crippen LogP contribution in [-0.2, 0) is 4.79 Å². The number of nitrogens with zero attached hydrogens (tertiary/aromatic N) is 1. The third-order valence-corrected chi connectivity index (χ3v) is 5.11. The van der Waals surface area contributed by atoms with Gasteiger partial charge in [0.1, 0.15) is 0 Å². The molecule has 0 bridgehead atoms. The summed E-state index contributed by atoms with van der Waals surface area (Å²) in [6.07, 6.45) is 0. The molecule has 2 rings (SSSR count). The minimum absolute atomic E-state index is 0.0201. The Morgan fingerprint density at radius 2 is 1.92 bits per heavy atom. The molecule has 1 atom stereocenters. The Balaban J connectivity index is 2.48. The Morgan fingerprint density at radius 1 is 1.35 bits per heavy atom. The predicted molar refractivity (Wildman–Crippen MR) is 111 cm³/mol. The molecule has 7 heteroatoms. The minimum Gasteiger partial charge on any atom is -0.490 e. The van der Waals surface area contributed by atoms with E-state index in [2.05, 4.69) is 19.2 Å². The Morgan fingerprint density at radius 3 is 2.38 bits per heavy atom. The Hall–Kier alpha value is -1.30. The van der Waals surface area contributed by atoms with E-state index in [-0.39, 0.29) is 5.78 Å². The molecule has 0 fully saturated rings. The third-order valence-electron chi connectivity index (χ3n) is 4.21. The normalized spacial score (nSPS) is 17.6. The van der Waals surface area contributed by atoms with Gasteiger partial charge in [-0.05, 0) is 56.6 Å². The zero-order valence-corrected chi connectivity index (χ0v) is 18.0. The topological polar surface area (TPSA) is 41.6 Å². The second-order valence-corrected chi connectivity index (χ2v) is 7.90. The summed E-state index contributed by atoms with van der Waals surface area (Å²) in [5.74, 6) is 0.798. The van der Waals surface area contributed by atoms with Gasteiger partial charge in [-0.3, -0.25) is 4.79 Å². The number of halogens is 2. The standard InChI is InChI=1S/C19H24Cl2N2O2S/c1-6-23-11(4)16(12(5)24)17(22-19(23)26)13-7-14(20)18(15(21)8-13)25-9-10(2)3/h7-8,10,17H,6,9H2,1-5H3,(H,22,26). The van der Waals surface area contributed by atoms with Crippen molar-refractivity contribution in [3.05, 3.63) is 39.0 Å². The molecular formula is C19H24Cl2N2O2S. The summed E-state index contributed by atoms with van der Waals surface area (Å²) in [5, 5.41) is 4.65. The maximum Gasteiger partial charge on any atom is 0.173 e. The van der Waals surface area contributed by atoms with Crippen molar-refractivity contribution in [1.82, 2.24) is 10.2 Å². The van der Waals surface area contributed by atoms with Crippen LogP contribution in [0.4, 0.5) is 0 Å². The molecule has 0 aliphatic carbocycles. The van der Waals surface area contributed by atoms with E-state index < -0.39 is 6.04 Å². The number of rotatable bonds is 6. The first-order valence-corrected chi connectivity index (χ1v) is 9.75. The van der Waals surface area contributed by atoms with E-state index >= 15 is 0 Å². The molecule has 1 unspecified atom stereocenters. The number of hydrogen-bond acceptors (Lipinski definition) is 3. The molecular weight excluding hydrogens is 391 g/mol. The first-order chi connectivity index (χ1) is 12.2. The quantitative estimate of drug-likeness (QED) is 0.652. The highest BCUT2D eigenvalue weighted by Gasteiger charge is 2.32. The number of carbonyl (C=O) groups excluding carboxylic acids is 1. The summed E-state index contributed by atoms with van der Waals surface area (Å²) in [6.45, 7) is 10.8. The maximum absolute atomic E-state index is 12.3. The molecule has 1 N–H and O–H groups in total. The van der Waals surface area contributed by atoms with Crippen LogP contribution in [0.3, 0.4) is 0 Å². The highest BCUT2D eigenvalue weighted by molar-refractivity contribution is 7.80. The average Bonchev–Trinajstić information content (AvgIpc) is 2.52. The van der Waals surface area contributed by atoms with Gasteiger partial charge in [0.25, 0.3) is 0 Å². The van der Waals surface area contributed by atoms with Crippen molar-refractivity contribution >= 4 is 46.3 Å². The van der Waals surface area contributed by atoms with Crippen LogP contribution in [0.1, 0.15) is 46.2 Å². The molecule has 1 aromatic rings. The number of hydrogen-bond donors (Lipinski definition) is 1. The molecule has 0 aromatic heterocycles. The summed E-state index contributed by atoms with van der Waals surface area (Å²) < 4.78 is 5.73. The van der Waals surface area contributed by atoms with Crippen molar-refractivity contribution in [2.24, 2.45) is 5.92 Å². The number of ketones is 1. The average molecular weight is 415 g/mol. The van der Waals surface area contributed by atoms with Crippen LogP contribution in [0, 0.1) is 5.92 Å². The number of benzene rings is 1. The van der Waals surface area contributed by atoms with E-state index in [0.717, 1.165) is 11.3 Å². The molecule has 1 aliphatic rings. The van der Waals surface area contributed by atoms with Gasteiger partial charge in [-0.15, -0.1) is 0 Å².